The van der Waals surface area contributed by atoms with Crippen molar-refractivity contribution in [3.63, 3.8) is 0 Å². The van der Waals surface area contributed by atoms with Crippen molar-refractivity contribution in [1.29, 1.82) is 0 Å². The van der Waals surface area contributed by atoms with Gasteiger partial charge in [-0.15, -0.1) is 0 Å². The molecule has 1 aromatic rings. The van der Waals surface area contributed by atoms with Gasteiger partial charge in [-0.2, -0.15) is 0 Å². The number of benzene rings is 1. The number of hydrogen-bond donors (Lipinski definition) is 0. The Balaban J connectivity index is 0. The Labute approximate surface area is 112 Å². The van der Waals surface area contributed by atoms with E-state index in [9.17, 15) is 0 Å². The standard InChI is InChI=1S/C7H8O.CH3.Rb/c1-8-7-5-3-2-4-6-7;;/h2-6H,1H3;1H3;/q;-1;+1. The Kier molecular flexibility index (Phi) is 10.6. The topological polar surface area (TPSA) is 9.23 Å². The van der Waals surface area contributed by atoms with Crippen molar-refractivity contribution in [2.45, 2.75) is 0 Å². The van der Waals surface area contributed by atoms with Gasteiger partial charge in [-0.05, 0) is 12.1 Å². The first-order chi connectivity index (χ1) is 3.93. The van der Waals surface area contributed by atoms with Crippen LogP contribution < -0.4 is 62.9 Å². The second-order valence-corrected chi connectivity index (χ2v) is 1.52. The summed E-state index contributed by atoms with van der Waals surface area (Å²) >= 11 is 0. The van der Waals surface area contributed by atoms with Gasteiger partial charge in [0.25, 0.3) is 0 Å². The van der Waals surface area contributed by atoms with Crippen LogP contribution in [0.1, 0.15) is 0 Å². The van der Waals surface area contributed by atoms with Gasteiger partial charge in [0.1, 0.15) is 5.75 Å². The minimum Gasteiger partial charge on any atom is -0.497 e. The molecule has 0 bridgehead atoms. The Bertz CT molecular complexity index is 151. The molecule has 0 amide bonds. The van der Waals surface area contributed by atoms with Crippen LogP contribution in [0.4, 0.5) is 0 Å². The van der Waals surface area contributed by atoms with Crippen LogP contribution in [0.2, 0.25) is 0 Å². The minimum absolute atomic E-state index is 0. The number of hydrogen-bond acceptors (Lipinski definition) is 1. The molecule has 0 aliphatic rings. The molecular formula is C8H11ORb. The summed E-state index contributed by atoms with van der Waals surface area (Å²) < 4.78 is 4.91. The number of para-hydroxylation sites is 1. The van der Waals surface area contributed by atoms with Crippen LogP contribution in [0.3, 0.4) is 0 Å². The van der Waals surface area contributed by atoms with Crippen molar-refractivity contribution < 1.29 is 62.9 Å². The first kappa shape index (κ1) is 13.4. The summed E-state index contributed by atoms with van der Waals surface area (Å²) in [5.41, 5.74) is 0. The summed E-state index contributed by atoms with van der Waals surface area (Å²) in [6, 6.07) is 9.68. The molecule has 0 atom stereocenters. The van der Waals surface area contributed by atoms with Gasteiger partial charge in [-0.3, -0.25) is 0 Å². The summed E-state index contributed by atoms with van der Waals surface area (Å²) in [6.07, 6.45) is 0. The first-order valence-electron chi connectivity index (χ1n) is 2.52. The normalized spacial score (nSPS) is 6.90. The molecule has 0 aliphatic heterocycles. The smallest absolute Gasteiger partial charge is 0.497 e. The molecule has 0 aromatic heterocycles. The van der Waals surface area contributed by atoms with Gasteiger partial charge < -0.3 is 12.2 Å². The van der Waals surface area contributed by atoms with E-state index in [2.05, 4.69) is 0 Å². The Morgan fingerprint density at radius 1 is 1.10 bits per heavy atom. The first-order valence-corrected chi connectivity index (χ1v) is 2.52. The zero-order valence-corrected chi connectivity index (χ0v) is 11.7. The van der Waals surface area contributed by atoms with Gasteiger partial charge in [-0.25, -0.2) is 0 Å². The molecule has 0 radical (unpaired) electrons. The summed E-state index contributed by atoms with van der Waals surface area (Å²) in [6.45, 7) is 0. The molecule has 1 aromatic carbocycles. The molecule has 1 nitrogen and oxygen atoms in total. The molecule has 0 N–H and O–H groups in total. The number of methoxy groups -OCH3 is 1. The van der Waals surface area contributed by atoms with E-state index >= 15 is 0 Å². The van der Waals surface area contributed by atoms with Crippen molar-refractivity contribution in [2.24, 2.45) is 0 Å². The van der Waals surface area contributed by atoms with Gasteiger partial charge in [0.05, 0.1) is 7.11 Å². The van der Waals surface area contributed by atoms with E-state index in [0.29, 0.717) is 0 Å². The van der Waals surface area contributed by atoms with Gasteiger partial charge in [-0.1, -0.05) is 18.2 Å². The number of ether oxygens (including phenoxy) is 1. The molecular weight excluding hydrogens is 198 g/mol. The third-order valence-electron chi connectivity index (χ3n) is 0.979. The van der Waals surface area contributed by atoms with E-state index in [1.807, 2.05) is 30.3 Å². The minimum atomic E-state index is 0. The van der Waals surface area contributed by atoms with Crippen LogP contribution in [0.15, 0.2) is 30.3 Å². The quantitative estimate of drug-likeness (QED) is 0.547. The van der Waals surface area contributed by atoms with E-state index in [1.165, 1.54) is 0 Å². The molecule has 0 saturated heterocycles. The Hall–Kier alpha value is 0.825. The third kappa shape index (κ3) is 4.61. The van der Waals surface area contributed by atoms with Crippen LogP contribution in [-0.2, 0) is 0 Å². The monoisotopic (exact) mass is 208 g/mol. The summed E-state index contributed by atoms with van der Waals surface area (Å²) in [5, 5.41) is 0. The van der Waals surface area contributed by atoms with E-state index < -0.39 is 0 Å². The maximum Gasteiger partial charge on any atom is 1.00 e. The second kappa shape index (κ2) is 7.93. The maximum atomic E-state index is 4.91. The average Bonchev–Trinajstić information content (AvgIpc) is 1.90. The molecule has 1 rings (SSSR count). The van der Waals surface area contributed by atoms with Crippen molar-refractivity contribution in [1.82, 2.24) is 0 Å². The molecule has 0 saturated carbocycles. The van der Waals surface area contributed by atoms with Crippen molar-refractivity contribution in [2.75, 3.05) is 7.11 Å². The molecule has 50 valence electrons. The Morgan fingerprint density at radius 2 is 1.60 bits per heavy atom. The fourth-order valence-electron chi connectivity index (χ4n) is 0.557. The van der Waals surface area contributed by atoms with Crippen LogP contribution in [0, 0.1) is 7.43 Å². The van der Waals surface area contributed by atoms with E-state index in [1.54, 1.807) is 7.11 Å². The summed E-state index contributed by atoms with van der Waals surface area (Å²) in [7, 11) is 1.66. The van der Waals surface area contributed by atoms with Crippen LogP contribution in [0.25, 0.3) is 0 Å². The third-order valence-corrected chi connectivity index (χ3v) is 0.979. The molecule has 0 aliphatic carbocycles. The van der Waals surface area contributed by atoms with Gasteiger partial charge >= 0.3 is 58.2 Å². The summed E-state index contributed by atoms with van der Waals surface area (Å²) in [4.78, 5) is 0. The predicted octanol–water partition coefficient (Wildman–Crippen LogP) is -0.851. The van der Waals surface area contributed by atoms with Gasteiger partial charge in [0.15, 0.2) is 0 Å². The van der Waals surface area contributed by atoms with E-state index in [-0.39, 0.29) is 65.6 Å². The fourth-order valence-corrected chi connectivity index (χ4v) is 0.557. The molecule has 0 unspecified atom stereocenters. The molecule has 0 heterocycles. The molecule has 0 spiro atoms. The predicted molar refractivity (Wildman–Crippen MR) is 39.4 cm³/mol. The van der Waals surface area contributed by atoms with Crippen LogP contribution in [-0.4, -0.2) is 7.11 Å². The van der Waals surface area contributed by atoms with Crippen molar-refractivity contribution >= 4 is 0 Å². The fraction of sp³-hybridized carbons (Fsp3) is 0.125. The molecule has 0 fully saturated rings. The molecule has 2 heteroatoms. The summed E-state index contributed by atoms with van der Waals surface area (Å²) in [5.74, 6) is 0.910. The van der Waals surface area contributed by atoms with Gasteiger partial charge in [0, 0.05) is 0 Å². The largest absolute Gasteiger partial charge is 1.00 e. The van der Waals surface area contributed by atoms with Crippen molar-refractivity contribution in [3.8, 4) is 5.75 Å². The van der Waals surface area contributed by atoms with Crippen molar-refractivity contribution in [3.05, 3.63) is 37.8 Å². The average molecular weight is 209 g/mol. The Morgan fingerprint density at radius 3 is 1.90 bits per heavy atom. The van der Waals surface area contributed by atoms with E-state index in [4.69, 9.17) is 4.74 Å². The zero-order valence-electron chi connectivity index (χ0n) is 6.79. The SMILES string of the molecule is COc1ccccc1.[CH3-].[Rb+]. The van der Waals surface area contributed by atoms with Crippen LogP contribution in [0.5, 0.6) is 5.75 Å². The van der Waals surface area contributed by atoms with Gasteiger partial charge in [0.2, 0.25) is 0 Å². The number of rotatable bonds is 1. The zero-order chi connectivity index (χ0) is 5.82. The van der Waals surface area contributed by atoms with E-state index in [0.717, 1.165) is 5.75 Å². The second-order valence-electron chi connectivity index (χ2n) is 1.52. The van der Waals surface area contributed by atoms with Crippen LogP contribution >= 0.6 is 0 Å². The maximum absolute atomic E-state index is 4.91. The molecule has 10 heavy (non-hydrogen) atoms.